The lowest BCUT2D eigenvalue weighted by molar-refractivity contribution is 0.581. The molecule has 0 atom stereocenters. The topological polar surface area (TPSA) is 17.8 Å². The first-order valence-electron chi connectivity index (χ1n) is 9.45. The van der Waals surface area contributed by atoms with Crippen LogP contribution in [0.5, 0.6) is 0 Å². The van der Waals surface area contributed by atoms with E-state index in [1.54, 1.807) is 36.4 Å². The van der Waals surface area contributed by atoms with E-state index in [1.807, 2.05) is 36.1 Å². The van der Waals surface area contributed by atoms with Crippen molar-refractivity contribution in [2.75, 3.05) is 0 Å². The molecule has 0 unspecified atom stereocenters. The summed E-state index contributed by atoms with van der Waals surface area (Å²) in [4.78, 5) is 4.07. The van der Waals surface area contributed by atoms with E-state index in [1.165, 1.54) is 12.1 Å². The van der Waals surface area contributed by atoms with E-state index in [9.17, 15) is 8.78 Å². The standard InChI is InChI=1S/C14H11BF2.C10H9BrN2/c15-9-12(10-5-1-3-7-13(10)16)11-6-2-4-8-14(11)17;1-8-6-12-7-13(8)10-4-2-9(11)3-5-10/h1-8,12H,9H2;2-7H,1H3. The molecule has 150 valence electrons. The van der Waals surface area contributed by atoms with Crippen LogP contribution in [0.25, 0.3) is 5.69 Å². The highest BCUT2D eigenvalue weighted by molar-refractivity contribution is 9.10. The Bertz CT molecular complexity index is 1050. The van der Waals surface area contributed by atoms with Gasteiger partial charge in [0.15, 0.2) is 0 Å². The molecule has 3 aromatic carbocycles. The van der Waals surface area contributed by atoms with E-state index >= 15 is 0 Å². The zero-order valence-corrected chi connectivity index (χ0v) is 18.1. The first-order valence-corrected chi connectivity index (χ1v) is 10.2. The summed E-state index contributed by atoms with van der Waals surface area (Å²) in [6.07, 6.45) is 3.84. The lowest BCUT2D eigenvalue weighted by Gasteiger charge is -2.17. The van der Waals surface area contributed by atoms with Crippen molar-refractivity contribution in [2.24, 2.45) is 0 Å². The molecule has 0 saturated heterocycles. The van der Waals surface area contributed by atoms with Gasteiger partial charge in [0, 0.05) is 28.0 Å². The number of hydrogen-bond donors (Lipinski definition) is 0. The second-order valence-electron chi connectivity index (χ2n) is 6.71. The third kappa shape index (κ3) is 5.25. The van der Waals surface area contributed by atoms with Gasteiger partial charge in [0.25, 0.3) is 0 Å². The summed E-state index contributed by atoms with van der Waals surface area (Å²) in [5, 5.41) is 0. The number of nitrogens with zero attached hydrogens (tertiary/aromatic N) is 2. The molecule has 0 N–H and O–H groups in total. The predicted octanol–water partition coefficient (Wildman–Crippen LogP) is 6.63. The summed E-state index contributed by atoms with van der Waals surface area (Å²) < 4.78 is 30.5. The molecule has 0 spiro atoms. The van der Waals surface area contributed by atoms with Gasteiger partial charge in [-0.3, -0.25) is 0 Å². The maximum atomic E-state index is 13.7. The van der Waals surface area contributed by atoms with E-state index in [2.05, 4.69) is 33.0 Å². The summed E-state index contributed by atoms with van der Waals surface area (Å²) in [5.41, 5.74) is 3.14. The summed E-state index contributed by atoms with van der Waals surface area (Å²) in [6, 6.07) is 20.8. The Hall–Kier alpha value is -2.73. The maximum Gasteiger partial charge on any atom is 0.126 e. The fourth-order valence-corrected chi connectivity index (χ4v) is 3.43. The van der Waals surface area contributed by atoms with Crippen LogP contribution in [0.2, 0.25) is 6.32 Å². The second-order valence-corrected chi connectivity index (χ2v) is 7.63. The first kappa shape index (κ1) is 22.0. The summed E-state index contributed by atoms with van der Waals surface area (Å²) in [7, 11) is 5.64. The molecule has 0 aliphatic heterocycles. The molecule has 6 heteroatoms. The Labute approximate surface area is 185 Å². The molecule has 2 radical (unpaired) electrons. The Morgan fingerprint density at radius 3 is 1.87 bits per heavy atom. The summed E-state index contributed by atoms with van der Waals surface area (Å²) >= 11 is 3.40. The average molecular weight is 465 g/mol. The van der Waals surface area contributed by atoms with Crippen molar-refractivity contribution in [1.29, 1.82) is 0 Å². The van der Waals surface area contributed by atoms with Gasteiger partial charge < -0.3 is 4.57 Å². The Kier molecular flexibility index (Phi) is 7.58. The van der Waals surface area contributed by atoms with Gasteiger partial charge in [0.1, 0.15) is 11.6 Å². The molecule has 4 aromatic rings. The molecular weight excluding hydrogens is 445 g/mol. The van der Waals surface area contributed by atoms with Crippen LogP contribution in [0.4, 0.5) is 8.78 Å². The van der Waals surface area contributed by atoms with Crippen LogP contribution in [-0.2, 0) is 0 Å². The van der Waals surface area contributed by atoms with E-state index in [4.69, 9.17) is 7.85 Å². The fraction of sp³-hybridized carbons (Fsp3) is 0.125. The Morgan fingerprint density at radius 2 is 1.43 bits per heavy atom. The minimum atomic E-state index is -0.447. The lowest BCUT2D eigenvalue weighted by Crippen LogP contribution is -2.05. The second kappa shape index (κ2) is 10.3. The number of rotatable bonds is 4. The van der Waals surface area contributed by atoms with Crippen LogP contribution in [0.1, 0.15) is 22.7 Å². The van der Waals surface area contributed by atoms with Gasteiger partial charge in [-0.15, -0.1) is 0 Å². The molecule has 0 saturated carbocycles. The van der Waals surface area contributed by atoms with Crippen LogP contribution in [0.15, 0.2) is 89.8 Å². The maximum absolute atomic E-state index is 13.7. The molecule has 1 heterocycles. The molecular formula is C24H20BBrF2N2. The quantitative estimate of drug-likeness (QED) is 0.310. The molecule has 0 fully saturated rings. The van der Waals surface area contributed by atoms with Gasteiger partial charge in [-0.25, -0.2) is 13.8 Å². The molecule has 0 aliphatic carbocycles. The van der Waals surface area contributed by atoms with Gasteiger partial charge in [-0.2, -0.15) is 0 Å². The molecule has 0 amide bonds. The highest BCUT2D eigenvalue weighted by Crippen LogP contribution is 2.30. The molecule has 30 heavy (non-hydrogen) atoms. The SMILES string of the molecule is Cc1cncn1-c1ccc(Br)cc1.[B]CC(c1ccccc1F)c1ccccc1F. The number of hydrogen-bond acceptors (Lipinski definition) is 1. The number of aromatic nitrogens is 2. The van der Waals surface area contributed by atoms with Crippen molar-refractivity contribution in [3.05, 3.63) is 118 Å². The largest absolute Gasteiger partial charge is 0.304 e. The molecule has 0 bridgehead atoms. The first-order chi connectivity index (χ1) is 14.5. The minimum Gasteiger partial charge on any atom is -0.304 e. The monoisotopic (exact) mass is 464 g/mol. The summed E-state index contributed by atoms with van der Waals surface area (Å²) in [6.45, 7) is 2.04. The molecule has 4 rings (SSSR count). The smallest absolute Gasteiger partial charge is 0.126 e. The van der Waals surface area contributed by atoms with Crippen molar-refractivity contribution in [3.63, 3.8) is 0 Å². The van der Waals surface area contributed by atoms with Gasteiger partial charge in [-0.1, -0.05) is 58.6 Å². The van der Waals surface area contributed by atoms with Crippen molar-refractivity contribution in [3.8, 4) is 5.69 Å². The number of benzene rings is 3. The highest BCUT2D eigenvalue weighted by atomic mass is 79.9. The van der Waals surface area contributed by atoms with Gasteiger partial charge in [0.05, 0.1) is 14.2 Å². The molecule has 0 aliphatic rings. The zero-order chi connectivity index (χ0) is 21.5. The molecule has 2 nitrogen and oxygen atoms in total. The van der Waals surface area contributed by atoms with Crippen LogP contribution >= 0.6 is 15.9 Å². The van der Waals surface area contributed by atoms with E-state index in [-0.39, 0.29) is 18.0 Å². The van der Waals surface area contributed by atoms with Crippen LogP contribution in [0, 0.1) is 18.6 Å². The zero-order valence-electron chi connectivity index (χ0n) is 16.5. The van der Waals surface area contributed by atoms with Gasteiger partial charge in [-0.05, 0) is 54.4 Å². The van der Waals surface area contributed by atoms with E-state index < -0.39 is 5.92 Å². The van der Waals surface area contributed by atoms with Crippen LogP contribution in [0.3, 0.4) is 0 Å². The normalized spacial score (nSPS) is 10.6. The van der Waals surface area contributed by atoms with Crippen molar-refractivity contribution < 1.29 is 8.78 Å². The van der Waals surface area contributed by atoms with Crippen molar-refractivity contribution >= 4 is 23.8 Å². The third-order valence-corrected chi connectivity index (χ3v) is 5.25. The number of aryl methyl sites for hydroxylation is 1. The molecule has 1 aromatic heterocycles. The Morgan fingerprint density at radius 1 is 0.900 bits per heavy atom. The summed E-state index contributed by atoms with van der Waals surface area (Å²) in [5.74, 6) is -1.16. The fourth-order valence-electron chi connectivity index (χ4n) is 3.17. The van der Waals surface area contributed by atoms with Crippen molar-refractivity contribution in [1.82, 2.24) is 9.55 Å². The third-order valence-electron chi connectivity index (χ3n) is 4.73. The minimum absolute atomic E-state index is 0.169. The average Bonchev–Trinajstić information content (AvgIpc) is 3.18. The van der Waals surface area contributed by atoms with E-state index in [0.29, 0.717) is 11.1 Å². The lowest BCUT2D eigenvalue weighted by atomic mass is 9.80. The van der Waals surface area contributed by atoms with Crippen LogP contribution in [-0.4, -0.2) is 17.4 Å². The Balaban J connectivity index is 0.000000177. The number of halogens is 3. The van der Waals surface area contributed by atoms with Gasteiger partial charge in [0.2, 0.25) is 0 Å². The highest BCUT2D eigenvalue weighted by Gasteiger charge is 2.18. The number of imidazole rings is 1. The predicted molar refractivity (Wildman–Crippen MR) is 121 cm³/mol. The van der Waals surface area contributed by atoms with Crippen LogP contribution < -0.4 is 0 Å². The van der Waals surface area contributed by atoms with E-state index in [0.717, 1.165) is 15.9 Å². The van der Waals surface area contributed by atoms with Gasteiger partial charge >= 0.3 is 0 Å². The van der Waals surface area contributed by atoms with Crippen molar-refractivity contribution in [2.45, 2.75) is 19.2 Å².